The van der Waals surface area contributed by atoms with Gasteiger partial charge in [0, 0.05) is 23.9 Å². The molecule has 0 aliphatic carbocycles. The summed E-state index contributed by atoms with van der Waals surface area (Å²) in [6.07, 6.45) is 1.01. The molecule has 0 aromatic heterocycles. The second-order valence-corrected chi connectivity index (χ2v) is 5.29. The van der Waals surface area contributed by atoms with Crippen LogP contribution >= 0.6 is 23.2 Å². The van der Waals surface area contributed by atoms with Gasteiger partial charge >= 0.3 is 0 Å². The zero-order valence-electron chi connectivity index (χ0n) is 10.5. The molecule has 1 N–H and O–H groups in total. The van der Waals surface area contributed by atoms with Crippen LogP contribution in [0.5, 0.6) is 5.75 Å². The number of methoxy groups -OCH3 is 1. The highest BCUT2D eigenvalue weighted by atomic mass is 35.5. The van der Waals surface area contributed by atoms with E-state index in [1.54, 1.807) is 13.2 Å². The Balaban J connectivity index is 2.18. The van der Waals surface area contributed by atoms with Gasteiger partial charge in [-0.25, -0.2) is 0 Å². The molecule has 0 unspecified atom stereocenters. The lowest BCUT2D eigenvalue weighted by atomic mass is 9.98. The third-order valence-corrected chi connectivity index (χ3v) is 4.01. The van der Waals surface area contributed by atoms with Gasteiger partial charge in [0.05, 0.1) is 17.2 Å². The lowest BCUT2D eigenvalue weighted by molar-refractivity contribution is 0.415. The number of benzene rings is 2. The Hall–Kier alpha value is -1.38. The zero-order chi connectivity index (χ0) is 13.4. The molecule has 2 aromatic carbocycles. The van der Waals surface area contributed by atoms with Gasteiger partial charge < -0.3 is 10.1 Å². The molecule has 4 heteroatoms. The molecule has 0 saturated carbocycles. The van der Waals surface area contributed by atoms with Crippen molar-refractivity contribution < 1.29 is 4.74 Å². The lowest BCUT2D eigenvalue weighted by Gasteiger charge is -2.12. The van der Waals surface area contributed by atoms with Crippen LogP contribution in [0.4, 0.5) is 5.69 Å². The molecule has 0 radical (unpaired) electrons. The van der Waals surface area contributed by atoms with Crippen LogP contribution in [0.25, 0.3) is 11.1 Å². The second-order valence-electron chi connectivity index (χ2n) is 4.48. The maximum atomic E-state index is 6.36. The van der Waals surface area contributed by atoms with E-state index in [0.717, 1.165) is 24.1 Å². The van der Waals surface area contributed by atoms with Crippen LogP contribution in [0, 0.1) is 0 Å². The summed E-state index contributed by atoms with van der Waals surface area (Å²) in [5, 5.41) is 4.59. The monoisotopic (exact) mass is 293 g/mol. The fraction of sp³-hybridized carbons (Fsp3) is 0.200. The van der Waals surface area contributed by atoms with E-state index < -0.39 is 0 Å². The van der Waals surface area contributed by atoms with E-state index in [1.807, 2.05) is 12.1 Å². The van der Waals surface area contributed by atoms with Gasteiger partial charge in [0.2, 0.25) is 0 Å². The van der Waals surface area contributed by atoms with Crippen molar-refractivity contribution in [3.8, 4) is 16.9 Å². The first kappa shape index (κ1) is 12.6. The molecular weight excluding hydrogens is 281 g/mol. The van der Waals surface area contributed by atoms with E-state index in [1.165, 1.54) is 11.3 Å². The smallest absolute Gasteiger partial charge is 0.138 e. The minimum Gasteiger partial charge on any atom is -0.495 e. The molecule has 98 valence electrons. The third-order valence-electron chi connectivity index (χ3n) is 3.40. The number of fused-ring (bicyclic) bond motifs is 1. The van der Waals surface area contributed by atoms with Crippen LogP contribution in [0.1, 0.15) is 5.56 Å². The van der Waals surface area contributed by atoms with Gasteiger partial charge in [0.1, 0.15) is 5.75 Å². The summed E-state index contributed by atoms with van der Waals surface area (Å²) in [5.41, 5.74) is 4.57. The summed E-state index contributed by atoms with van der Waals surface area (Å²) in [6.45, 7) is 0.966. The van der Waals surface area contributed by atoms with Gasteiger partial charge in [-0.3, -0.25) is 0 Å². The van der Waals surface area contributed by atoms with Gasteiger partial charge in [-0.1, -0.05) is 35.3 Å². The molecule has 1 aliphatic rings. The largest absolute Gasteiger partial charge is 0.495 e. The van der Waals surface area contributed by atoms with Gasteiger partial charge in [-0.2, -0.15) is 0 Å². The van der Waals surface area contributed by atoms with E-state index in [2.05, 4.69) is 17.4 Å². The first-order chi connectivity index (χ1) is 9.20. The van der Waals surface area contributed by atoms with E-state index in [0.29, 0.717) is 15.8 Å². The zero-order valence-corrected chi connectivity index (χ0v) is 12.0. The highest BCUT2D eigenvalue weighted by Crippen LogP contribution is 2.40. The van der Waals surface area contributed by atoms with Crippen molar-refractivity contribution >= 4 is 28.9 Å². The molecule has 0 bridgehead atoms. The summed E-state index contributed by atoms with van der Waals surface area (Å²) in [4.78, 5) is 0. The van der Waals surface area contributed by atoms with Crippen LogP contribution in [0.15, 0.2) is 30.3 Å². The Morgan fingerprint density at radius 2 is 1.95 bits per heavy atom. The fourth-order valence-corrected chi connectivity index (χ4v) is 2.98. The average Bonchev–Trinajstić information content (AvgIpc) is 2.89. The molecule has 0 fully saturated rings. The molecule has 1 heterocycles. The molecule has 0 atom stereocenters. The van der Waals surface area contributed by atoms with Crippen LogP contribution in [0.2, 0.25) is 10.0 Å². The van der Waals surface area contributed by atoms with Crippen molar-refractivity contribution in [2.75, 3.05) is 19.0 Å². The Labute approximate surface area is 122 Å². The Bertz CT molecular complexity index is 640. The summed E-state index contributed by atoms with van der Waals surface area (Å²) in [6, 6.07) is 9.83. The number of hydrogen-bond donors (Lipinski definition) is 1. The highest BCUT2D eigenvalue weighted by molar-refractivity contribution is 6.36. The fourth-order valence-electron chi connectivity index (χ4n) is 2.49. The molecule has 19 heavy (non-hydrogen) atoms. The quantitative estimate of drug-likeness (QED) is 0.871. The van der Waals surface area contributed by atoms with Crippen molar-refractivity contribution in [1.29, 1.82) is 0 Å². The number of rotatable bonds is 2. The van der Waals surface area contributed by atoms with Crippen molar-refractivity contribution in [2.24, 2.45) is 0 Å². The predicted octanol–water partition coefficient (Wildman–Crippen LogP) is 4.64. The van der Waals surface area contributed by atoms with Crippen molar-refractivity contribution in [1.82, 2.24) is 0 Å². The van der Waals surface area contributed by atoms with E-state index >= 15 is 0 Å². The van der Waals surface area contributed by atoms with Crippen LogP contribution in [0.3, 0.4) is 0 Å². The van der Waals surface area contributed by atoms with Crippen molar-refractivity contribution in [2.45, 2.75) is 6.42 Å². The number of hydrogen-bond acceptors (Lipinski definition) is 2. The Morgan fingerprint density at radius 1 is 1.11 bits per heavy atom. The number of anilines is 1. The molecule has 2 aromatic rings. The SMILES string of the molecule is COc1cc(Cl)c(-c2cccc3c2CCN3)cc1Cl. The number of halogens is 2. The van der Waals surface area contributed by atoms with Gasteiger partial charge in [-0.05, 0) is 29.7 Å². The highest BCUT2D eigenvalue weighted by Gasteiger charge is 2.17. The topological polar surface area (TPSA) is 21.3 Å². The molecule has 1 aliphatic heterocycles. The molecular formula is C15H13Cl2NO. The van der Waals surface area contributed by atoms with Gasteiger partial charge in [0.15, 0.2) is 0 Å². The maximum Gasteiger partial charge on any atom is 0.138 e. The third kappa shape index (κ3) is 2.15. The van der Waals surface area contributed by atoms with Crippen LogP contribution in [-0.4, -0.2) is 13.7 Å². The van der Waals surface area contributed by atoms with Gasteiger partial charge in [0.25, 0.3) is 0 Å². The van der Waals surface area contributed by atoms with E-state index in [-0.39, 0.29) is 0 Å². The molecule has 0 spiro atoms. The van der Waals surface area contributed by atoms with Crippen molar-refractivity contribution in [3.05, 3.63) is 45.9 Å². The normalized spacial score (nSPS) is 13.0. The Kier molecular flexibility index (Phi) is 3.29. The first-order valence-electron chi connectivity index (χ1n) is 6.10. The van der Waals surface area contributed by atoms with Crippen molar-refractivity contribution in [3.63, 3.8) is 0 Å². The summed E-state index contributed by atoms with van der Waals surface area (Å²) in [5.74, 6) is 0.598. The molecule has 0 amide bonds. The van der Waals surface area contributed by atoms with Crippen LogP contribution < -0.4 is 10.1 Å². The molecule has 0 saturated heterocycles. The minimum atomic E-state index is 0.574. The standard InChI is InChI=1S/C15H13Cl2NO/c1-19-15-8-12(16)11(7-13(15)17)9-3-2-4-14-10(9)5-6-18-14/h2-4,7-8,18H,5-6H2,1H3. The maximum absolute atomic E-state index is 6.36. The second kappa shape index (κ2) is 4.95. The molecule has 2 nitrogen and oxygen atoms in total. The number of ether oxygens (including phenoxy) is 1. The lowest BCUT2D eigenvalue weighted by Crippen LogP contribution is -1.90. The average molecular weight is 294 g/mol. The molecule has 3 rings (SSSR count). The predicted molar refractivity (Wildman–Crippen MR) is 80.6 cm³/mol. The van der Waals surface area contributed by atoms with E-state index in [9.17, 15) is 0 Å². The van der Waals surface area contributed by atoms with E-state index in [4.69, 9.17) is 27.9 Å². The van der Waals surface area contributed by atoms with Gasteiger partial charge in [-0.15, -0.1) is 0 Å². The first-order valence-corrected chi connectivity index (χ1v) is 6.85. The minimum absolute atomic E-state index is 0.574. The summed E-state index contributed by atoms with van der Waals surface area (Å²) >= 11 is 12.6. The van der Waals surface area contributed by atoms with Crippen LogP contribution in [-0.2, 0) is 6.42 Å². The summed E-state index contributed by atoms with van der Waals surface area (Å²) in [7, 11) is 1.58. The number of nitrogens with one attached hydrogen (secondary N) is 1. The Morgan fingerprint density at radius 3 is 2.74 bits per heavy atom. The summed E-state index contributed by atoms with van der Waals surface area (Å²) < 4.78 is 5.18.